The molecule has 0 N–H and O–H groups in total. The largest absolute Gasteiger partial charge is 0.444 e. The SMILES string of the molecule is CC[C@H]1CN(c2ccc(-c3cncnc3)c(F)c2)C(=O)O1. The molecule has 0 bridgehead atoms. The van der Waals surface area contributed by atoms with Gasteiger partial charge in [-0.05, 0) is 24.6 Å². The van der Waals surface area contributed by atoms with E-state index in [4.69, 9.17) is 4.74 Å². The number of aromatic nitrogens is 2. The lowest BCUT2D eigenvalue weighted by Gasteiger charge is -2.14. The van der Waals surface area contributed by atoms with Gasteiger partial charge in [-0.15, -0.1) is 0 Å². The van der Waals surface area contributed by atoms with Crippen LogP contribution in [0.1, 0.15) is 13.3 Å². The highest BCUT2D eigenvalue weighted by Gasteiger charge is 2.31. The van der Waals surface area contributed by atoms with E-state index in [0.29, 0.717) is 23.4 Å². The number of carbonyl (C=O) groups is 1. The number of halogens is 1. The van der Waals surface area contributed by atoms with Gasteiger partial charge in [0, 0.05) is 23.5 Å². The molecule has 21 heavy (non-hydrogen) atoms. The van der Waals surface area contributed by atoms with Gasteiger partial charge in [-0.1, -0.05) is 6.92 Å². The van der Waals surface area contributed by atoms with Crippen LogP contribution in [-0.2, 0) is 4.74 Å². The molecule has 1 fully saturated rings. The van der Waals surface area contributed by atoms with Gasteiger partial charge in [0.15, 0.2) is 0 Å². The molecular formula is C15H14FN3O2. The van der Waals surface area contributed by atoms with Crippen LogP contribution in [0.15, 0.2) is 36.9 Å². The van der Waals surface area contributed by atoms with Crippen molar-refractivity contribution in [3.05, 3.63) is 42.7 Å². The predicted molar refractivity (Wildman–Crippen MR) is 75.3 cm³/mol. The molecular weight excluding hydrogens is 273 g/mol. The predicted octanol–water partition coefficient (Wildman–Crippen LogP) is 3.02. The monoisotopic (exact) mass is 287 g/mol. The molecule has 0 spiro atoms. The van der Waals surface area contributed by atoms with Crippen LogP contribution in [0.2, 0.25) is 0 Å². The summed E-state index contributed by atoms with van der Waals surface area (Å²) in [6.45, 7) is 2.39. The summed E-state index contributed by atoms with van der Waals surface area (Å²) in [5, 5.41) is 0. The normalized spacial score (nSPS) is 17.9. The van der Waals surface area contributed by atoms with Crippen LogP contribution in [0.5, 0.6) is 0 Å². The van der Waals surface area contributed by atoms with Crippen molar-refractivity contribution >= 4 is 11.8 Å². The van der Waals surface area contributed by atoms with Crippen LogP contribution in [0, 0.1) is 5.82 Å². The molecule has 0 radical (unpaired) electrons. The minimum atomic E-state index is -0.433. The number of anilines is 1. The van der Waals surface area contributed by atoms with Gasteiger partial charge in [-0.2, -0.15) is 0 Å². The van der Waals surface area contributed by atoms with Crippen molar-refractivity contribution in [1.82, 2.24) is 9.97 Å². The average Bonchev–Trinajstić information content (AvgIpc) is 2.89. The van der Waals surface area contributed by atoms with E-state index in [1.54, 1.807) is 24.5 Å². The zero-order chi connectivity index (χ0) is 14.8. The lowest BCUT2D eigenvalue weighted by molar-refractivity contribution is 0.139. The molecule has 1 amide bonds. The second-order valence-corrected chi connectivity index (χ2v) is 4.82. The highest BCUT2D eigenvalue weighted by Crippen LogP contribution is 2.28. The fourth-order valence-electron chi connectivity index (χ4n) is 2.29. The number of hydrogen-bond acceptors (Lipinski definition) is 4. The van der Waals surface area contributed by atoms with Crippen molar-refractivity contribution in [3.63, 3.8) is 0 Å². The first-order chi connectivity index (χ1) is 10.2. The molecule has 6 heteroatoms. The third-order valence-electron chi connectivity index (χ3n) is 3.47. The minimum absolute atomic E-state index is 0.136. The van der Waals surface area contributed by atoms with E-state index >= 15 is 0 Å². The first-order valence-electron chi connectivity index (χ1n) is 6.72. The van der Waals surface area contributed by atoms with Crippen LogP contribution < -0.4 is 4.90 Å². The molecule has 1 aliphatic heterocycles. The summed E-state index contributed by atoms with van der Waals surface area (Å²) in [6, 6.07) is 4.66. The highest BCUT2D eigenvalue weighted by molar-refractivity contribution is 5.90. The van der Waals surface area contributed by atoms with Crippen molar-refractivity contribution in [1.29, 1.82) is 0 Å². The molecule has 2 aromatic rings. The summed E-state index contributed by atoms with van der Waals surface area (Å²) in [7, 11) is 0. The molecule has 1 aromatic carbocycles. The Labute approximate surface area is 121 Å². The van der Waals surface area contributed by atoms with Gasteiger partial charge >= 0.3 is 6.09 Å². The number of hydrogen-bond donors (Lipinski definition) is 0. The second kappa shape index (κ2) is 5.47. The smallest absolute Gasteiger partial charge is 0.414 e. The number of cyclic esters (lactones) is 1. The summed E-state index contributed by atoms with van der Waals surface area (Å²) < 4.78 is 19.4. The Balaban J connectivity index is 1.90. The minimum Gasteiger partial charge on any atom is -0.444 e. The van der Waals surface area contributed by atoms with E-state index < -0.39 is 11.9 Å². The molecule has 0 unspecified atom stereocenters. The number of nitrogens with zero attached hydrogens (tertiary/aromatic N) is 3. The molecule has 0 saturated carbocycles. The highest BCUT2D eigenvalue weighted by atomic mass is 19.1. The summed E-state index contributed by atoms with van der Waals surface area (Å²) in [6.07, 6.45) is 4.65. The van der Waals surface area contributed by atoms with Gasteiger partial charge < -0.3 is 4.74 Å². The number of amides is 1. The molecule has 2 heterocycles. The van der Waals surface area contributed by atoms with Gasteiger partial charge in [0.25, 0.3) is 0 Å². The Morgan fingerprint density at radius 1 is 1.38 bits per heavy atom. The van der Waals surface area contributed by atoms with E-state index in [9.17, 15) is 9.18 Å². The molecule has 1 aliphatic rings. The summed E-state index contributed by atoms with van der Waals surface area (Å²) in [5.41, 5.74) is 1.49. The molecule has 108 valence electrons. The average molecular weight is 287 g/mol. The van der Waals surface area contributed by atoms with Crippen LogP contribution in [-0.4, -0.2) is 28.7 Å². The Bertz CT molecular complexity index is 663. The van der Waals surface area contributed by atoms with Gasteiger partial charge in [0.05, 0.1) is 12.2 Å². The Kier molecular flexibility index (Phi) is 3.51. The molecule has 5 nitrogen and oxygen atoms in total. The van der Waals surface area contributed by atoms with E-state index in [0.717, 1.165) is 6.42 Å². The number of benzene rings is 1. The lowest BCUT2D eigenvalue weighted by atomic mass is 10.1. The Morgan fingerprint density at radius 3 is 2.76 bits per heavy atom. The topological polar surface area (TPSA) is 55.3 Å². The maximum absolute atomic E-state index is 14.3. The number of rotatable bonds is 3. The standard InChI is InChI=1S/C15H14FN3O2/c1-2-12-8-19(15(20)21-12)11-3-4-13(14(16)5-11)10-6-17-9-18-7-10/h3-7,9,12H,2,8H2,1H3/t12-/m0/s1. The summed E-state index contributed by atoms with van der Waals surface area (Å²) in [5.74, 6) is -0.421. The summed E-state index contributed by atoms with van der Waals surface area (Å²) in [4.78, 5) is 21.0. The van der Waals surface area contributed by atoms with Gasteiger partial charge in [-0.25, -0.2) is 19.2 Å². The molecule has 0 aliphatic carbocycles. The van der Waals surface area contributed by atoms with Crippen molar-refractivity contribution in [2.24, 2.45) is 0 Å². The quantitative estimate of drug-likeness (QED) is 0.870. The van der Waals surface area contributed by atoms with Crippen molar-refractivity contribution in [2.75, 3.05) is 11.4 Å². The van der Waals surface area contributed by atoms with Crippen molar-refractivity contribution in [3.8, 4) is 11.1 Å². The fraction of sp³-hybridized carbons (Fsp3) is 0.267. The number of carbonyl (C=O) groups excluding carboxylic acids is 1. The van der Waals surface area contributed by atoms with E-state index in [-0.39, 0.29) is 6.10 Å². The zero-order valence-corrected chi connectivity index (χ0v) is 11.5. The van der Waals surface area contributed by atoms with Crippen LogP contribution in [0.25, 0.3) is 11.1 Å². The third-order valence-corrected chi connectivity index (χ3v) is 3.47. The molecule has 3 rings (SSSR count). The zero-order valence-electron chi connectivity index (χ0n) is 11.5. The molecule has 1 aromatic heterocycles. The summed E-state index contributed by atoms with van der Waals surface area (Å²) >= 11 is 0. The number of ether oxygens (including phenoxy) is 1. The van der Waals surface area contributed by atoms with Gasteiger partial charge in [0.1, 0.15) is 18.2 Å². The van der Waals surface area contributed by atoms with Gasteiger partial charge in [0.2, 0.25) is 0 Å². The van der Waals surface area contributed by atoms with E-state index in [2.05, 4.69) is 9.97 Å². The van der Waals surface area contributed by atoms with Gasteiger partial charge in [-0.3, -0.25) is 4.90 Å². The van der Waals surface area contributed by atoms with Crippen molar-refractivity contribution in [2.45, 2.75) is 19.4 Å². The van der Waals surface area contributed by atoms with Crippen LogP contribution in [0.3, 0.4) is 0 Å². The molecule has 1 atom stereocenters. The van der Waals surface area contributed by atoms with E-state index in [1.807, 2.05) is 6.92 Å². The fourth-order valence-corrected chi connectivity index (χ4v) is 2.29. The Morgan fingerprint density at radius 2 is 2.14 bits per heavy atom. The van der Waals surface area contributed by atoms with E-state index in [1.165, 1.54) is 17.3 Å². The third kappa shape index (κ3) is 2.56. The van der Waals surface area contributed by atoms with Crippen LogP contribution >= 0.6 is 0 Å². The molecule has 1 saturated heterocycles. The lowest BCUT2D eigenvalue weighted by Crippen LogP contribution is -2.24. The Hall–Kier alpha value is -2.50. The second-order valence-electron chi connectivity index (χ2n) is 4.82. The van der Waals surface area contributed by atoms with Crippen molar-refractivity contribution < 1.29 is 13.9 Å². The maximum atomic E-state index is 14.3. The first kappa shape index (κ1) is 13.5. The first-order valence-corrected chi connectivity index (χ1v) is 6.72. The maximum Gasteiger partial charge on any atom is 0.414 e. The van der Waals surface area contributed by atoms with Crippen LogP contribution in [0.4, 0.5) is 14.9 Å².